The van der Waals surface area contributed by atoms with Gasteiger partial charge in [-0.05, 0) is 69.1 Å². The average Bonchev–Trinajstić information content (AvgIpc) is 3.40. The lowest BCUT2D eigenvalue weighted by Gasteiger charge is -2.30. The standard InChI is InChI=1S/C34H27N/c1-2-35(25-14-4-3-5-15-25)23-24-13-12-22-32-33(24)28-18-8-11-21-31(28)34(32)29-19-9-6-16-26(29)27-17-7-10-20-30(27)34/h3-22H,2,23H2,1H3. The van der Waals surface area contributed by atoms with Gasteiger partial charge in [-0.3, -0.25) is 0 Å². The van der Waals surface area contributed by atoms with Crippen LogP contribution in [-0.2, 0) is 12.0 Å². The Morgan fingerprint density at radius 2 is 1.03 bits per heavy atom. The van der Waals surface area contributed by atoms with Gasteiger partial charge in [-0.25, -0.2) is 0 Å². The first-order valence-corrected chi connectivity index (χ1v) is 12.6. The first kappa shape index (κ1) is 20.3. The minimum Gasteiger partial charge on any atom is -0.367 e. The van der Waals surface area contributed by atoms with Gasteiger partial charge in [0.05, 0.1) is 5.41 Å². The lowest BCUT2D eigenvalue weighted by atomic mass is 9.70. The zero-order valence-electron chi connectivity index (χ0n) is 19.9. The summed E-state index contributed by atoms with van der Waals surface area (Å²) in [6.45, 7) is 4.10. The van der Waals surface area contributed by atoms with Crippen LogP contribution in [0.3, 0.4) is 0 Å². The van der Waals surface area contributed by atoms with E-state index in [0.717, 1.165) is 13.1 Å². The van der Waals surface area contributed by atoms with E-state index in [2.05, 4.69) is 133 Å². The minimum atomic E-state index is -0.265. The van der Waals surface area contributed by atoms with Crippen molar-refractivity contribution in [2.75, 3.05) is 11.4 Å². The fourth-order valence-electron chi connectivity index (χ4n) is 6.58. The molecule has 0 saturated heterocycles. The van der Waals surface area contributed by atoms with Crippen LogP contribution in [0.15, 0.2) is 121 Å². The third-order valence-corrected chi connectivity index (χ3v) is 7.97. The fraction of sp³-hybridized carbons (Fsp3) is 0.118. The Morgan fingerprint density at radius 1 is 0.514 bits per heavy atom. The van der Waals surface area contributed by atoms with Crippen molar-refractivity contribution in [1.82, 2.24) is 0 Å². The van der Waals surface area contributed by atoms with E-state index in [4.69, 9.17) is 0 Å². The highest BCUT2D eigenvalue weighted by atomic mass is 15.1. The third-order valence-electron chi connectivity index (χ3n) is 7.97. The lowest BCUT2D eigenvalue weighted by Crippen LogP contribution is -2.26. The summed E-state index contributed by atoms with van der Waals surface area (Å²) >= 11 is 0. The van der Waals surface area contributed by atoms with Crippen LogP contribution in [0.2, 0.25) is 0 Å². The number of anilines is 1. The molecule has 2 aliphatic carbocycles. The van der Waals surface area contributed by atoms with Gasteiger partial charge in [0.25, 0.3) is 0 Å². The molecule has 5 aromatic carbocycles. The van der Waals surface area contributed by atoms with Crippen LogP contribution < -0.4 is 4.90 Å². The van der Waals surface area contributed by atoms with Crippen LogP contribution >= 0.6 is 0 Å². The monoisotopic (exact) mass is 449 g/mol. The summed E-state index contributed by atoms with van der Waals surface area (Å²) in [6, 6.07) is 44.8. The smallest absolute Gasteiger partial charge is 0.0725 e. The van der Waals surface area contributed by atoms with Crippen LogP contribution in [0.1, 0.15) is 34.7 Å². The van der Waals surface area contributed by atoms with Crippen LogP contribution in [0.25, 0.3) is 22.3 Å². The molecule has 168 valence electrons. The molecule has 0 aliphatic heterocycles. The normalized spacial score (nSPS) is 13.7. The highest BCUT2D eigenvalue weighted by molar-refractivity contribution is 5.95. The van der Waals surface area contributed by atoms with Gasteiger partial charge in [0.2, 0.25) is 0 Å². The van der Waals surface area contributed by atoms with Gasteiger partial charge in [-0.2, -0.15) is 0 Å². The van der Waals surface area contributed by atoms with Crippen molar-refractivity contribution in [2.45, 2.75) is 18.9 Å². The number of benzene rings is 5. The van der Waals surface area contributed by atoms with Gasteiger partial charge in [-0.15, -0.1) is 0 Å². The van der Waals surface area contributed by atoms with E-state index < -0.39 is 0 Å². The van der Waals surface area contributed by atoms with Crippen molar-refractivity contribution < 1.29 is 0 Å². The summed E-state index contributed by atoms with van der Waals surface area (Å²) in [5.41, 5.74) is 13.5. The van der Waals surface area contributed by atoms with Gasteiger partial charge in [0, 0.05) is 18.8 Å². The van der Waals surface area contributed by atoms with E-state index in [-0.39, 0.29) is 5.41 Å². The zero-order chi connectivity index (χ0) is 23.4. The number of hydrogen-bond acceptors (Lipinski definition) is 1. The summed E-state index contributed by atoms with van der Waals surface area (Å²) in [7, 11) is 0. The molecule has 0 aromatic heterocycles. The maximum absolute atomic E-state index is 2.47. The second-order valence-corrected chi connectivity index (χ2v) is 9.58. The van der Waals surface area contributed by atoms with Crippen molar-refractivity contribution >= 4 is 5.69 Å². The number of rotatable bonds is 4. The van der Waals surface area contributed by atoms with E-state index in [1.165, 1.54) is 55.8 Å². The van der Waals surface area contributed by atoms with Gasteiger partial charge in [-0.1, -0.05) is 109 Å². The lowest BCUT2D eigenvalue weighted by molar-refractivity contribution is 0.789. The number of nitrogens with zero attached hydrogens (tertiary/aromatic N) is 1. The molecule has 1 heteroatoms. The Labute approximate surface area is 207 Å². The van der Waals surface area contributed by atoms with E-state index in [9.17, 15) is 0 Å². The molecule has 0 amide bonds. The molecule has 1 spiro atoms. The van der Waals surface area contributed by atoms with Gasteiger partial charge >= 0.3 is 0 Å². The fourth-order valence-corrected chi connectivity index (χ4v) is 6.58. The van der Waals surface area contributed by atoms with Crippen LogP contribution in [0.4, 0.5) is 5.69 Å². The summed E-state index contributed by atoms with van der Waals surface area (Å²) in [5.74, 6) is 0. The molecular weight excluding hydrogens is 422 g/mol. The first-order chi connectivity index (χ1) is 17.3. The minimum absolute atomic E-state index is 0.265. The Morgan fingerprint density at radius 3 is 1.66 bits per heavy atom. The maximum Gasteiger partial charge on any atom is 0.0725 e. The summed E-state index contributed by atoms with van der Waals surface area (Å²) in [5, 5.41) is 0. The van der Waals surface area contributed by atoms with E-state index in [0.29, 0.717) is 0 Å². The molecule has 0 bridgehead atoms. The van der Waals surface area contributed by atoms with E-state index in [1.54, 1.807) is 0 Å². The van der Waals surface area contributed by atoms with Gasteiger partial charge in [0.15, 0.2) is 0 Å². The molecule has 0 saturated carbocycles. The summed E-state index contributed by atoms with van der Waals surface area (Å²) < 4.78 is 0. The van der Waals surface area contributed by atoms with Gasteiger partial charge < -0.3 is 4.90 Å². The SMILES string of the molecule is CCN(Cc1cccc2c1-c1ccccc1C21c2ccccc2-c2ccccc21)c1ccccc1. The molecule has 5 aromatic rings. The second kappa shape index (κ2) is 7.71. The Kier molecular flexibility index (Phi) is 4.47. The maximum atomic E-state index is 2.47. The largest absolute Gasteiger partial charge is 0.367 e. The molecule has 1 nitrogen and oxygen atoms in total. The highest BCUT2D eigenvalue weighted by Crippen LogP contribution is 2.63. The molecule has 0 unspecified atom stereocenters. The van der Waals surface area contributed by atoms with E-state index >= 15 is 0 Å². The molecule has 35 heavy (non-hydrogen) atoms. The van der Waals surface area contributed by atoms with Crippen molar-refractivity contribution in [3.05, 3.63) is 149 Å². The number of fused-ring (bicyclic) bond motifs is 10. The molecular formula is C34H27N. The molecule has 0 fully saturated rings. The third kappa shape index (κ3) is 2.70. The zero-order valence-corrected chi connectivity index (χ0v) is 19.9. The summed E-state index contributed by atoms with van der Waals surface area (Å²) in [6.07, 6.45) is 0. The van der Waals surface area contributed by atoms with Crippen LogP contribution in [0.5, 0.6) is 0 Å². The van der Waals surface area contributed by atoms with Crippen molar-refractivity contribution in [2.24, 2.45) is 0 Å². The van der Waals surface area contributed by atoms with Crippen molar-refractivity contribution in [3.63, 3.8) is 0 Å². The average molecular weight is 450 g/mol. The highest BCUT2D eigenvalue weighted by Gasteiger charge is 2.51. The molecule has 0 heterocycles. The van der Waals surface area contributed by atoms with Crippen molar-refractivity contribution in [3.8, 4) is 22.3 Å². The van der Waals surface area contributed by atoms with Crippen molar-refractivity contribution in [1.29, 1.82) is 0 Å². The molecule has 7 rings (SSSR count). The number of para-hydroxylation sites is 1. The van der Waals surface area contributed by atoms with Crippen LogP contribution in [-0.4, -0.2) is 6.54 Å². The predicted octanol–water partition coefficient (Wildman–Crippen LogP) is 8.06. The molecule has 2 aliphatic rings. The second-order valence-electron chi connectivity index (χ2n) is 9.58. The summed E-state index contributed by atoms with van der Waals surface area (Å²) in [4.78, 5) is 2.47. The first-order valence-electron chi connectivity index (χ1n) is 12.6. The topological polar surface area (TPSA) is 3.24 Å². The van der Waals surface area contributed by atoms with E-state index in [1.807, 2.05) is 0 Å². The van der Waals surface area contributed by atoms with Gasteiger partial charge in [0.1, 0.15) is 0 Å². The molecule has 0 atom stereocenters. The van der Waals surface area contributed by atoms with Crippen LogP contribution in [0, 0.1) is 0 Å². The Balaban J connectivity index is 1.51. The Bertz CT molecular complexity index is 1520. The Hall–Kier alpha value is -4.10. The quantitative estimate of drug-likeness (QED) is 0.263. The molecule has 0 radical (unpaired) electrons. The number of hydrogen-bond donors (Lipinski definition) is 0. The molecule has 0 N–H and O–H groups in total. The predicted molar refractivity (Wildman–Crippen MR) is 146 cm³/mol.